The Bertz CT molecular complexity index is 2040. The Kier molecular flexibility index (Phi) is 9.12. The molecule has 1 aromatic carbocycles. The Morgan fingerprint density at radius 2 is 1.88 bits per heavy atom. The highest BCUT2D eigenvalue weighted by molar-refractivity contribution is 6.01. The van der Waals surface area contributed by atoms with E-state index < -0.39 is 5.60 Å². The van der Waals surface area contributed by atoms with Crippen molar-refractivity contribution in [2.24, 2.45) is 7.05 Å². The number of methoxy groups -OCH3 is 1. The van der Waals surface area contributed by atoms with E-state index in [0.29, 0.717) is 56.4 Å². The number of nitrogens with one attached hydrogen (secondary N) is 2. The largest absolute Gasteiger partial charge is 0.475 e. The molecule has 0 saturated carbocycles. The average molecular weight is 677 g/mol. The van der Waals surface area contributed by atoms with Gasteiger partial charge in [0.05, 0.1) is 23.9 Å². The second-order valence-electron chi connectivity index (χ2n) is 13.0. The summed E-state index contributed by atoms with van der Waals surface area (Å²) in [4.78, 5) is 44.2. The third kappa shape index (κ3) is 6.84. The van der Waals surface area contributed by atoms with Gasteiger partial charge in [-0.1, -0.05) is 6.08 Å². The second kappa shape index (κ2) is 13.8. The molecule has 50 heavy (non-hydrogen) atoms. The van der Waals surface area contributed by atoms with Crippen LogP contribution < -0.4 is 10.1 Å². The van der Waals surface area contributed by atoms with Gasteiger partial charge in [-0.2, -0.15) is 10.2 Å². The maximum Gasteiger partial charge on any atom is 0.258 e. The summed E-state index contributed by atoms with van der Waals surface area (Å²) in [6, 6.07) is 13.3. The lowest BCUT2D eigenvalue weighted by Gasteiger charge is -2.29. The number of hydrogen-bond acceptors (Lipinski definition) is 10. The van der Waals surface area contributed by atoms with Crippen molar-refractivity contribution in [3.05, 3.63) is 73.0 Å². The summed E-state index contributed by atoms with van der Waals surface area (Å²) >= 11 is 0. The normalized spacial score (nSPS) is 18.1. The highest BCUT2D eigenvalue weighted by Gasteiger charge is 2.45. The molecule has 2 amide bonds. The number of aromatic nitrogens is 7. The van der Waals surface area contributed by atoms with Crippen molar-refractivity contribution < 1.29 is 19.1 Å². The molecule has 14 heteroatoms. The number of anilines is 1. The van der Waals surface area contributed by atoms with Crippen molar-refractivity contribution in [3.63, 3.8) is 0 Å². The van der Waals surface area contributed by atoms with E-state index in [2.05, 4.69) is 41.6 Å². The van der Waals surface area contributed by atoms with E-state index >= 15 is 0 Å². The Labute approximate surface area is 289 Å². The fourth-order valence-electron chi connectivity index (χ4n) is 6.43. The van der Waals surface area contributed by atoms with Gasteiger partial charge in [0.15, 0.2) is 11.4 Å². The van der Waals surface area contributed by atoms with Gasteiger partial charge in [-0.05, 0) is 68.7 Å². The van der Waals surface area contributed by atoms with Crippen molar-refractivity contribution in [2.75, 3.05) is 45.2 Å². The number of hydrogen-bond donors (Lipinski definition) is 2. The molecule has 2 aliphatic heterocycles. The number of pyridine rings is 2. The summed E-state index contributed by atoms with van der Waals surface area (Å²) in [6.45, 7) is 6.11. The van der Waals surface area contributed by atoms with E-state index in [0.717, 1.165) is 39.0 Å². The van der Waals surface area contributed by atoms with Crippen LogP contribution in [0.15, 0.2) is 67.3 Å². The minimum absolute atomic E-state index is 0.0216. The summed E-state index contributed by atoms with van der Waals surface area (Å²) in [7, 11) is 3.38. The van der Waals surface area contributed by atoms with Crippen LogP contribution >= 0.6 is 0 Å². The Balaban J connectivity index is 0.955. The van der Waals surface area contributed by atoms with Gasteiger partial charge >= 0.3 is 0 Å². The number of amides is 2. The number of carbonyl (C=O) groups is 2. The van der Waals surface area contributed by atoms with Crippen molar-refractivity contribution in [1.82, 2.24) is 44.7 Å². The standard InChI is InChI=1S/C36H40N10O4/c1-23(2)50-31-10-6-25(18-38-31)33-28-17-27(7-9-30(28)41-42-33)40-35(48)36(49-4)13-16-45(21-36)20-32(47)46-14-11-24(12-15-46)29-8-5-26(19-37-29)34-39-22-44(3)43-34/h5-11,17-19,22-23H,12-16,20-21H2,1-4H3,(H,40,48)(H,41,42)/t36-/m1/s1. The maximum atomic E-state index is 13.7. The van der Waals surface area contributed by atoms with Crippen LogP contribution in [0.3, 0.4) is 0 Å². The van der Waals surface area contributed by atoms with Crippen LogP contribution in [0, 0.1) is 0 Å². The second-order valence-corrected chi connectivity index (χ2v) is 13.0. The van der Waals surface area contributed by atoms with Crippen LogP contribution in [-0.2, 0) is 21.4 Å². The van der Waals surface area contributed by atoms with Gasteiger partial charge in [-0.15, -0.1) is 0 Å². The number of H-pyrrole nitrogens is 1. The SMILES string of the molecule is CO[C@]1(C(=O)Nc2ccc3[nH]nc(-c4ccc(OC(C)C)nc4)c3c2)CCN(CC(=O)N2CC=C(c3ccc(-c4ncn(C)n4)cn3)CC2)C1. The van der Waals surface area contributed by atoms with E-state index in [9.17, 15) is 9.59 Å². The molecule has 0 aliphatic carbocycles. The van der Waals surface area contributed by atoms with Crippen LogP contribution in [0.1, 0.15) is 32.4 Å². The maximum absolute atomic E-state index is 13.7. The molecule has 2 aliphatic rings. The zero-order valence-corrected chi connectivity index (χ0v) is 28.6. The van der Waals surface area contributed by atoms with Crippen molar-refractivity contribution in [3.8, 4) is 28.5 Å². The minimum Gasteiger partial charge on any atom is -0.475 e. The Morgan fingerprint density at radius 3 is 2.56 bits per heavy atom. The Morgan fingerprint density at radius 1 is 1.04 bits per heavy atom. The number of aromatic amines is 1. The molecule has 1 saturated heterocycles. The summed E-state index contributed by atoms with van der Waals surface area (Å²) < 4.78 is 13.2. The quantitative estimate of drug-likeness (QED) is 0.222. The van der Waals surface area contributed by atoms with Gasteiger partial charge in [0, 0.05) is 81.0 Å². The van der Waals surface area contributed by atoms with E-state index in [4.69, 9.17) is 9.47 Å². The smallest absolute Gasteiger partial charge is 0.258 e. The number of ether oxygens (including phenoxy) is 2. The molecule has 258 valence electrons. The van der Waals surface area contributed by atoms with Crippen molar-refractivity contribution in [2.45, 2.75) is 38.4 Å². The van der Waals surface area contributed by atoms with Gasteiger partial charge in [0.2, 0.25) is 11.8 Å². The molecule has 4 aromatic heterocycles. The monoisotopic (exact) mass is 676 g/mol. The molecule has 0 radical (unpaired) electrons. The van der Waals surface area contributed by atoms with Gasteiger partial charge in [-0.25, -0.2) is 9.97 Å². The lowest BCUT2D eigenvalue weighted by Crippen LogP contribution is -2.48. The van der Waals surface area contributed by atoms with E-state index in [-0.39, 0.29) is 24.5 Å². The molecular formula is C36H40N10O4. The number of nitrogens with zero attached hydrogens (tertiary/aromatic N) is 8. The first-order valence-corrected chi connectivity index (χ1v) is 16.7. The van der Waals surface area contributed by atoms with E-state index in [1.807, 2.05) is 73.2 Å². The summed E-state index contributed by atoms with van der Waals surface area (Å²) in [5.74, 6) is 0.953. The van der Waals surface area contributed by atoms with Gasteiger partial charge < -0.3 is 19.7 Å². The minimum atomic E-state index is -1.08. The van der Waals surface area contributed by atoms with Crippen molar-refractivity contribution >= 4 is 34.0 Å². The van der Waals surface area contributed by atoms with Crippen LogP contribution in [0.5, 0.6) is 5.88 Å². The Hall–Kier alpha value is -5.47. The number of likely N-dealkylation sites (tertiary alicyclic amines) is 1. The third-order valence-electron chi connectivity index (χ3n) is 9.17. The lowest BCUT2D eigenvalue weighted by atomic mass is 10.0. The predicted molar refractivity (Wildman–Crippen MR) is 188 cm³/mol. The zero-order chi connectivity index (χ0) is 34.8. The number of rotatable bonds is 10. The molecule has 6 heterocycles. The topological polar surface area (TPSA) is 156 Å². The first kappa shape index (κ1) is 33.0. The molecule has 2 N–H and O–H groups in total. The third-order valence-corrected chi connectivity index (χ3v) is 9.17. The predicted octanol–water partition coefficient (Wildman–Crippen LogP) is 3.95. The summed E-state index contributed by atoms with van der Waals surface area (Å²) in [5, 5.41) is 15.8. The van der Waals surface area contributed by atoms with Crippen LogP contribution in [0.2, 0.25) is 0 Å². The van der Waals surface area contributed by atoms with E-state index in [1.165, 1.54) is 0 Å². The highest BCUT2D eigenvalue weighted by Crippen LogP contribution is 2.31. The molecule has 7 rings (SSSR count). The number of carbonyl (C=O) groups excluding carboxylic acids is 2. The number of fused-ring (bicyclic) bond motifs is 1. The van der Waals surface area contributed by atoms with Gasteiger partial charge in [0.25, 0.3) is 5.91 Å². The van der Waals surface area contributed by atoms with Gasteiger partial charge in [-0.3, -0.25) is 29.3 Å². The molecule has 5 aromatic rings. The number of aryl methyl sites for hydroxylation is 1. The summed E-state index contributed by atoms with van der Waals surface area (Å²) in [6.07, 6.45) is 8.44. The van der Waals surface area contributed by atoms with Crippen molar-refractivity contribution in [1.29, 1.82) is 0 Å². The average Bonchev–Trinajstić information content (AvgIpc) is 3.87. The zero-order valence-electron chi connectivity index (χ0n) is 28.6. The molecule has 1 fully saturated rings. The molecule has 14 nitrogen and oxygen atoms in total. The fourth-order valence-corrected chi connectivity index (χ4v) is 6.43. The van der Waals surface area contributed by atoms with Crippen LogP contribution in [0.4, 0.5) is 5.69 Å². The molecule has 0 bridgehead atoms. The molecular weight excluding hydrogens is 636 g/mol. The first-order chi connectivity index (χ1) is 24.2. The fraction of sp³-hybridized carbons (Fsp3) is 0.361. The van der Waals surface area contributed by atoms with E-state index in [1.54, 1.807) is 30.5 Å². The summed E-state index contributed by atoms with van der Waals surface area (Å²) in [5.41, 5.74) is 4.77. The van der Waals surface area contributed by atoms with Gasteiger partial charge in [0.1, 0.15) is 12.0 Å². The van der Waals surface area contributed by atoms with Crippen LogP contribution in [-0.4, -0.2) is 108 Å². The lowest BCUT2D eigenvalue weighted by molar-refractivity contribution is -0.138. The molecule has 1 atom stereocenters. The van der Waals surface area contributed by atoms with Crippen LogP contribution in [0.25, 0.3) is 39.1 Å². The number of benzene rings is 1. The molecule has 0 spiro atoms. The first-order valence-electron chi connectivity index (χ1n) is 16.7. The molecule has 0 unspecified atom stereocenters. The highest BCUT2D eigenvalue weighted by atomic mass is 16.5.